The molecule has 1 saturated heterocycles. The summed E-state index contributed by atoms with van der Waals surface area (Å²) in [5.74, 6) is -1.75. The molecule has 1 aliphatic carbocycles. The first-order valence-electron chi connectivity index (χ1n) is 15.2. The van der Waals surface area contributed by atoms with Gasteiger partial charge in [0.2, 0.25) is 0 Å². The maximum atomic E-state index is 13.9. The molecule has 1 amide bonds. The molecule has 1 heterocycles. The minimum atomic E-state index is -1.53. The number of aliphatic hydroxyl groups is 3. The largest absolute Gasteiger partial charge is 0.458 e. The second-order valence-corrected chi connectivity index (χ2v) is 13.1. The number of carbonyl (C=O) groups excluding carboxylic acids is 3. The Labute approximate surface area is 254 Å². The average molecular weight is 604 g/mol. The number of nitrogens with one attached hydrogen (secondary N) is 1. The number of hydrogen-bond donors (Lipinski definition) is 4. The normalized spacial score (nSPS) is 33.0. The minimum absolute atomic E-state index is 0.0235. The third kappa shape index (κ3) is 8.65. The van der Waals surface area contributed by atoms with Crippen LogP contribution in [0, 0.1) is 11.3 Å². The molecule has 240 valence electrons. The summed E-state index contributed by atoms with van der Waals surface area (Å²) in [6.45, 7) is 12.3. The van der Waals surface area contributed by atoms with Crippen molar-refractivity contribution in [3.05, 3.63) is 47.0 Å². The summed E-state index contributed by atoms with van der Waals surface area (Å²) in [6.07, 6.45) is -5.06. The molecular formula is C33H49NO9. The Bertz CT molecular complexity index is 1160. The van der Waals surface area contributed by atoms with Crippen LogP contribution in [0.25, 0.3) is 0 Å². The van der Waals surface area contributed by atoms with Gasteiger partial charge >= 0.3 is 12.1 Å². The Hall–Kier alpha value is -2.79. The van der Waals surface area contributed by atoms with E-state index in [1.54, 1.807) is 65.8 Å². The minimum Gasteiger partial charge on any atom is -0.458 e. The molecule has 1 aromatic carbocycles. The van der Waals surface area contributed by atoms with E-state index in [0.29, 0.717) is 23.1 Å². The zero-order chi connectivity index (χ0) is 32.1. The van der Waals surface area contributed by atoms with Crippen LogP contribution in [0.4, 0.5) is 4.79 Å². The molecule has 2 aliphatic rings. The monoisotopic (exact) mass is 603 g/mol. The molecule has 4 N–H and O–H groups in total. The molecule has 1 aliphatic heterocycles. The third-order valence-electron chi connectivity index (χ3n) is 8.74. The van der Waals surface area contributed by atoms with E-state index in [-0.39, 0.29) is 38.4 Å². The molecule has 0 spiro atoms. The third-order valence-corrected chi connectivity index (χ3v) is 8.74. The number of hydrogen-bond acceptors (Lipinski definition) is 9. The van der Waals surface area contributed by atoms with Gasteiger partial charge in [-0.3, -0.25) is 9.59 Å². The van der Waals surface area contributed by atoms with Crippen molar-refractivity contribution in [1.29, 1.82) is 0 Å². The van der Waals surface area contributed by atoms with Gasteiger partial charge in [0.1, 0.15) is 17.8 Å². The van der Waals surface area contributed by atoms with Crippen molar-refractivity contribution < 1.29 is 43.9 Å². The summed E-state index contributed by atoms with van der Waals surface area (Å²) < 4.78 is 17.2. The van der Waals surface area contributed by atoms with E-state index in [0.717, 1.165) is 0 Å². The lowest BCUT2D eigenvalue weighted by Crippen LogP contribution is -2.52. The Morgan fingerprint density at radius 3 is 2.37 bits per heavy atom. The number of esters is 1. The van der Waals surface area contributed by atoms with Gasteiger partial charge in [-0.05, 0) is 77.0 Å². The smallest absolute Gasteiger partial charge is 0.408 e. The zero-order valence-corrected chi connectivity index (χ0v) is 26.5. The highest BCUT2D eigenvalue weighted by Crippen LogP contribution is 2.44. The molecule has 0 aromatic heterocycles. The summed E-state index contributed by atoms with van der Waals surface area (Å²) in [6, 6.07) is 8.23. The Morgan fingerprint density at radius 1 is 1.12 bits per heavy atom. The van der Waals surface area contributed by atoms with Crippen LogP contribution in [0.2, 0.25) is 0 Å². The van der Waals surface area contributed by atoms with Crippen LogP contribution in [0.3, 0.4) is 0 Å². The van der Waals surface area contributed by atoms with Gasteiger partial charge in [-0.1, -0.05) is 37.3 Å². The number of Topliss-reactive ketones (excluding diaryl/α,β-unsaturated/α-hetero) is 1. The summed E-state index contributed by atoms with van der Waals surface area (Å²) in [5.41, 5.74) is -0.539. The van der Waals surface area contributed by atoms with Gasteiger partial charge in [-0.25, -0.2) is 4.79 Å². The van der Waals surface area contributed by atoms with Crippen LogP contribution >= 0.6 is 0 Å². The number of fused-ring (bicyclic) bond motifs is 1. The zero-order valence-electron chi connectivity index (χ0n) is 26.5. The predicted molar refractivity (Wildman–Crippen MR) is 160 cm³/mol. The fraction of sp³-hybridized carbons (Fsp3) is 0.667. The van der Waals surface area contributed by atoms with Crippen molar-refractivity contribution in [3.8, 4) is 0 Å². The Kier molecular flexibility index (Phi) is 11.6. The van der Waals surface area contributed by atoms with E-state index < -0.39 is 65.2 Å². The topological polar surface area (TPSA) is 152 Å². The fourth-order valence-electron chi connectivity index (χ4n) is 6.12. The standard InChI is InChI=1S/C33H49NO9/c1-8-24-20(3)26(16-23(35)15-22-18-41-19(2)14-27(36)33(22,7)30(39)29(24)38)42-28(37)17-25(21-12-10-9-11-13-21)34-31(40)43-32(4,5)6/h9-13,19,22-23,25-27,29,35-36,38H,8,14-18H2,1-7H3,(H,34,40)/b24-20+/t19-,22?,23-,25+,26-,27-,29+,33-/m0/s1. The SMILES string of the molecule is CC/C1=C(/C)[C@@H](OC(=O)C[C@@H](NC(=O)OC(C)(C)C)c2ccccc2)C[C@@H](O)CC2CO[C@@H](C)C[C@H](O)[C@@]2(C)C(=O)[C@@H]1O. The highest BCUT2D eigenvalue weighted by Gasteiger charge is 2.52. The highest BCUT2D eigenvalue weighted by atomic mass is 16.6. The number of aliphatic hydroxyl groups excluding tert-OH is 3. The first-order valence-corrected chi connectivity index (χ1v) is 15.2. The van der Waals surface area contributed by atoms with Gasteiger partial charge in [0.15, 0.2) is 5.78 Å². The number of carbonyl (C=O) groups is 3. The number of alkyl carbamates (subject to hydrolysis) is 1. The van der Waals surface area contributed by atoms with Crippen molar-refractivity contribution in [1.82, 2.24) is 5.32 Å². The van der Waals surface area contributed by atoms with Crippen molar-refractivity contribution in [2.24, 2.45) is 11.3 Å². The Balaban J connectivity index is 1.91. The van der Waals surface area contributed by atoms with Crippen molar-refractivity contribution in [2.45, 2.75) is 123 Å². The first-order chi connectivity index (χ1) is 20.1. The van der Waals surface area contributed by atoms with Gasteiger partial charge in [0, 0.05) is 12.8 Å². The lowest BCUT2D eigenvalue weighted by Gasteiger charge is -2.41. The lowest BCUT2D eigenvalue weighted by molar-refractivity contribution is -0.151. The summed E-state index contributed by atoms with van der Waals surface area (Å²) in [7, 11) is 0. The number of rotatable bonds is 6. The molecule has 0 bridgehead atoms. The summed E-state index contributed by atoms with van der Waals surface area (Å²) >= 11 is 0. The number of benzene rings is 1. The van der Waals surface area contributed by atoms with Gasteiger partial charge in [-0.15, -0.1) is 0 Å². The van der Waals surface area contributed by atoms with Crippen LogP contribution < -0.4 is 5.32 Å². The van der Waals surface area contributed by atoms with E-state index >= 15 is 0 Å². The van der Waals surface area contributed by atoms with Crippen molar-refractivity contribution >= 4 is 17.8 Å². The van der Waals surface area contributed by atoms with Crippen LogP contribution in [0.5, 0.6) is 0 Å². The molecule has 0 saturated carbocycles. The molecule has 1 unspecified atom stereocenters. The molecule has 1 aromatic rings. The van der Waals surface area contributed by atoms with Crippen molar-refractivity contribution in [3.63, 3.8) is 0 Å². The van der Waals surface area contributed by atoms with Crippen LogP contribution in [-0.2, 0) is 23.8 Å². The van der Waals surface area contributed by atoms with E-state index in [4.69, 9.17) is 14.2 Å². The summed E-state index contributed by atoms with van der Waals surface area (Å²) in [4.78, 5) is 39.9. The first kappa shape index (κ1) is 34.7. The maximum absolute atomic E-state index is 13.9. The molecule has 1 fully saturated rings. The Morgan fingerprint density at radius 2 is 1.77 bits per heavy atom. The lowest BCUT2D eigenvalue weighted by atomic mass is 9.64. The molecule has 0 radical (unpaired) electrons. The molecular weight excluding hydrogens is 554 g/mol. The molecule has 10 heteroatoms. The summed E-state index contributed by atoms with van der Waals surface area (Å²) in [5, 5.41) is 36.5. The van der Waals surface area contributed by atoms with Crippen molar-refractivity contribution in [2.75, 3.05) is 6.61 Å². The van der Waals surface area contributed by atoms with Crippen LogP contribution in [0.15, 0.2) is 41.5 Å². The second-order valence-electron chi connectivity index (χ2n) is 13.1. The molecule has 8 atom stereocenters. The van der Waals surface area contributed by atoms with Gasteiger partial charge in [-0.2, -0.15) is 0 Å². The van der Waals surface area contributed by atoms with E-state index in [1.165, 1.54) is 0 Å². The van der Waals surface area contributed by atoms with Gasteiger partial charge in [0.25, 0.3) is 0 Å². The second kappa shape index (κ2) is 14.3. The molecule has 43 heavy (non-hydrogen) atoms. The number of amides is 1. The van der Waals surface area contributed by atoms with E-state index in [2.05, 4.69) is 5.32 Å². The number of ketones is 1. The van der Waals surface area contributed by atoms with Crippen LogP contribution in [0.1, 0.15) is 92.2 Å². The number of ether oxygens (including phenoxy) is 3. The van der Waals surface area contributed by atoms with Gasteiger partial charge < -0.3 is 34.8 Å². The van der Waals surface area contributed by atoms with Crippen LogP contribution in [-0.4, -0.2) is 75.9 Å². The predicted octanol–water partition coefficient (Wildman–Crippen LogP) is 4.16. The average Bonchev–Trinajstić information content (AvgIpc) is 3.02. The fourth-order valence-corrected chi connectivity index (χ4v) is 6.12. The van der Waals surface area contributed by atoms with E-state index in [9.17, 15) is 29.7 Å². The van der Waals surface area contributed by atoms with Gasteiger partial charge in [0.05, 0.1) is 42.8 Å². The van der Waals surface area contributed by atoms with E-state index in [1.807, 2.05) is 13.0 Å². The highest BCUT2D eigenvalue weighted by molar-refractivity contribution is 5.92. The quantitative estimate of drug-likeness (QED) is 0.278. The maximum Gasteiger partial charge on any atom is 0.408 e. The molecule has 10 nitrogen and oxygen atoms in total. The molecule has 3 rings (SSSR count).